The van der Waals surface area contributed by atoms with E-state index in [1.807, 2.05) is 39.8 Å². The van der Waals surface area contributed by atoms with Crippen molar-refractivity contribution < 1.29 is 13.6 Å². The van der Waals surface area contributed by atoms with Crippen LogP contribution in [-0.4, -0.2) is 5.60 Å². The van der Waals surface area contributed by atoms with Crippen LogP contribution in [0.15, 0.2) is 30.6 Å². The van der Waals surface area contributed by atoms with Gasteiger partial charge in [-0.2, -0.15) is 0 Å². The lowest BCUT2D eigenvalue weighted by Crippen LogP contribution is -2.28. The van der Waals surface area contributed by atoms with Gasteiger partial charge in [-0.25, -0.2) is 4.79 Å². The molecular formula is C23H23O5. The summed E-state index contributed by atoms with van der Waals surface area (Å²) < 4.78 is 17.9. The van der Waals surface area contributed by atoms with Crippen molar-refractivity contribution in [3.05, 3.63) is 55.7 Å². The first-order valence-corrected chi connectivity index (χ1v) is 9.74. The van der Waals surface area contributed by atoms with Crippen LogP contribution in [0, 0.1) is 6.07 Å². The molecule has 2 aromatic heterocycles. The first-order valence-electron chi connectivity index (χ1n) is 9.74. The van der Waals surface area contributed by atoms with E-state index in [1.54, 1.807) is 0 Å². The number of hydrogen-bond donors (Lipinski definition) is 0. The molecule has 0 atom stereocenters. The van der Waals surface area contributed by atoms with Gasteiger partial charge in [-0.15, -0.1) is 0 Å². The van der Waals surface area contributed by atoms with E-state index in [0.29, 0.717) is 46.4 Å². The van der Waals surface area contributed by atoms with E-state index in [1.165, 1.54) is 6.07 Å². The van der Waals surface area contributed by atoms with E-state index in [2.05, 4.69) is 6.07 Å². The van der Waals surface area contributed by atoms with Crippen molar-refractivity contribution in [3.63, 3.8) is 0 Å². The quantitative estimate of drug-likeness (QED) is 0.481. The highest BCUT2D eigenvalue weighted by Crippen LogP contribution is 2.43. The van der Waals surface area contributed by atoms with E-state index in [0.717, 1.165) is 12.8 Å². The highest BCUT2D eigenvalue weighted by Gasteiger charge is 2.30. The van der Waals surface area contributed by atoms with Gasteiger partial charge in [-0.3, -0.25) is 4.79 Å². The number of aryl methyl sites for hydroxylation is 2. The number of benzene rings is 1. The Labute approximate surface area is 162 Å². The van der Waals surface area contributed by atoms with Crippen LogP contribution < -0.4 is 15.8 Å². The molecule has 28 heavy (non-hydrogen) atoms. The molecule has 0 saturated heterocycles. The third-order valence-corrected chi connectivity index (χ3v) is 4.93. The summed E-state index contributed by atoms with van der Waals surface area (Å²) in [5.41, 5.74) is 0.693. The topological polar surface area (TPSA) is 69.7 Å². The number of hydrogen-bond acceptors (Lipinski definition) is 5. The molecule has 5 nitrogen and oxygen atoms in total. The van der Waals surface area contributed by atoms with Gasteiger partial charge < -0.3 is 13.6 Å². The Hall–Kier alpha value is -2.82. The monoisotopic (exact) mass is 379 g/mol. The molecule has 1 aliphatic rings. The Bertz CT molecular complexity index is 1220. The largest absolute Gasteiger partial charge is 0.482 e. The van der Waals surface area contributed by atoms with Gasteiger partial charge in [0.2, 0.25) is 0 Å². The van der Waals surface area contributed by atoms with Crippen LogP contribution in [0.4, 0.5) is 0 Å². The molecule has 0 fully saturated rings. The van der Waals surface area contributed by atoms with Gasteiger partial charge in [-0.1, -0.05) is 20.3 Å². The molecule has 4 rings (SSSR count). The zero-order valence-corrected chi connectivity index (χ0v) is 16.6. The predicted molar refractivity (Wildman–Crippen MR) is 109 cm³/mol. The lowest BCUT2D eigenvalue weighted by Gasteiger charge is -2.29. The predicted octanol–water partition coefficient (Wildman–Crippen LogP) is 4.79. The zero-order valence-electron chi connectivity index (χ0n) is 16.6. The molecule has 0 bridgehead atoms. The molecule has 145 valence electrons. The zero-order chi connectivity index (χ0) is 20.1. The van der Waals surface area contributed by atoms with Crippen LogP contribution in [-0.2, 0) is 12.8 Å². The average Bonchev–Trinajstić information content (AvgIpc) is 2.60. The van der Waals surface area contributed by atoms with Crippen LogP contribution in [0.5, 0.6) is 5.75 Å². The molecule has 1 aromatic carbocycles. The minimum Gasteiger partial charge on any atom is -0.482 e. The van der Waals surface area contributed by atoms with E-state index in [-0.39, 0.29) is 16.4 Å². The van der Waals surface area contributed by atoms with E-state index in [9.17, 15) is 9.59 Å². The highest BCUT2D eigenvalue weighted by molar-refractivity contribution is 6.10. The summed E-state index contributed by atoms with van der Waals surface area (Å²) in [4.78, 5) is 25.2. The first kappa shape index (κ1) is 18.5. The average molecular weight is 379 g/mol. The summed E-state index contributed by atoms with van der Waals surface area (Å²) >= 11 is 0. The van der Waals surface area contributed by atoms with Crippen LogP contribution in [0.1, 0.15) is 57.4 Å². The summed E-state index contributed by atoms with van der Waals surface area (Å²) in [5, 5.41) is 0.918. The smallest absolute Gasteiger partial charge is 0.344 e. The van der Waals surface area contributed by atoms with Crippen molar-refractivity contribution in [2.75, 3.05) is 0 Å². The molecule has 1 aliphatic heterocycles. The molecule has 3 aromatic rings. The Morgan fingerprint density at radius 2 is 1.75 bits per heavy atom. The number of rotatable bonds is 4. The van der Waals surface area contributed by atoms with E-state index in [4.69, 9.17) is 13.6 Å². The molecule has 1 radical (unpaired) electrons. The van der Waals surface area contributed by atoms with Crippen LogP contribution >= 0.6 is 0 Å². The van der Waals surface area contributed by atoms with E-state index >= 15 is 0 Å². The minimum absolute atomic E-state index is 0.215. The Morgan fingerprint density at radius 3 is 2.46 bits per heavy atom. The lowest BCUT2D eigenvalue weighted by molar-refractivity contribution is 0.161. The maximum Gasteiger partial charge on any atom is 0.344 e. The molecule has 0 aliphatic carbocycles. The summed E-state index contributed by atoms with van der Waals surface area (Å²) in [6.07, 6.45) is 6.84. The molecule has 5 heteroatoms. The molecule has 0 unspecified atom stereocenters. The third kappa shape index (κ3) is 2.95. The van der Waals surface area contributed by atoms with Crippen molar-refractivity contribution in [1.29, 1.82) is 0 Å². The normalized spacial score (nSPS) is 15.0. The minimum atomic E-state index is -0.597. The standard InChI is InChI=1S/C23H23O5/c1-5-7-13-11-17(25)27-22-18(13)21-15(9-10-23(3,4)28-21)20-19(22)16(24)12-14(26-20)8-6-2/h9-10,12H,5-8H2,1-4H3. The molecular weight excluding hydrogens is 356 g/mol. The second-order valence-corrected chi connectivity index (χ2v) is 7.76. The van der Waals surface area contributed by atoms with Gasteiger partial charge >= 0.3 is 5.63 Å². The second-order valence-electron chi connectivity index (χ2n) is 7.76. The van der Waals surface area contributed by atoms with Crippen molar-refractivity contribution in [2.24, 2.45) is 0 Å². The van der Waals surface area contributed by atoms with Gasteiger partial charge in [0, 0.05) is 12.5 Å². The summed E-state index contributed by atoms with van der Waals surface area (Å²) in [6.45, 7) is 7.96. The van der Waals surface area contributed by atoms with Gasteiger partial charge in [0.1, 0.15) is 22.5 Å². The lowest BCUT2D eigenvalue weighted by atomic mass is 9.94. The SMILES string of the molecule is CCCc1cc(=O)c2c(o1)c1c(c3c(CCC)[c]c(=O)oc32)OC(C)(C)C=C1. The van der Waals surface area contributed by atoms with Crippen LogP contribution in [0.3, 0.4) is 0 Å². The Balaban J connectivity index is 2.25. The summed E-state index contributed by atoms with van der Waals surface area (Å²) in [7, 11) is 0. The molecule has 0 amide bonds. The number of fused-ring (bicyclic) bond motifs is 6. The molecule has 0 N–H and O–H groups in total. The Kier molecular flexibility index (Phi) is 4.41. The highest BCUT2D eigenvalue weighted by atomic mass is 16.5. The molecule has 0 spiro atoms. The fourth-order valence-corrected chi connectivity index (χ4v) is 3.74. The van der Waals surface area contributed by atoms with Gasteiger partial charge in [0.05, 0.1) is 17.0 Å². The van der Waals surface area contributed by atoms with Crippen LogP contribution in [0.25, 0.3) is 28.0 Å². The third-order valence-electron chi connectivity index (χ3n) is 4.93. The summed E-state index contributed by atoms with van der Waals surface area (Å²) in [5.74, 6) is 1.19. The fraction of sp³-hybridized carbons (Fsp3) is 0.391. The van der Waals surface area contributed by atoms with Gasteiger partial charge in [0.25, 0.3) is 0 Å². The fourth-order valence-electron chi connectivity index (χ4n) is 3.74. The van der Waals surface area contributed by atoms with Crippen molar-refractivity contribution in [3.8, 4) is 5.75 Å². The van der Waals surface area contributed by atoms with Gasteiger partial charge in [0.15, 0.2) is 16.6 Å². The van der Waals surface area contributed by atoms with Crippen molar-refractivity contribution in [2.45, 2.75) is 59.0 Å². The maximum atomic E-state index is 13.0. The van der Waals surface area contributed by atoms with Crippen molar-refractivity contribution >= 4 is 28.0 Å². The van der Waals surface area contributed by atoms with E-state index < -0.39 is 11.2 Å². The second kappa shape index (κ2) is 6.66. The Morgan fingerprint density at radius 1 is 1.00 bits per heavy atom. The van der Waals surface area contributed by atoms with Crippen molar-refractivity contribution in [1.82, 2.24) is 0 Å². The first-order chi connectivity index (χ1) is 13.3. The van der Waals surface area contributed by atoms with Gasteiger partial charge in [-0.05, 0) is 44.4 Å². The summed E-state index contributed by atoms with van der Waals surface area (Å²) in [6, 6.07) is 4.28. The molecule has 0 saturated carbocycles. The van der Waals surface area contributed by atoms with Crippen LogP contribution in [0.2, 0.25) is 0 Å². The maximum absolute atomic E-state index is 13.0. The number of ether oxygens (including phenoxy) is 1. The molecule has 3 heterocycles.